The summed E-state index contributed by atoms with van der Waals surface area (Å²) >= 11 is 0. The molecule has 2 heteroatoms. The van der Waals surface area contributed by atoms with Crippen LogP contribution in [0.15, 0.2) is 52.1 Å². The minimum absolute atomic E-state index is 1.06. The van der Waals surface area contributed by atoms with Crippen LogP contribution in [0, 0.1) is 0 Å². The van der Waals surface area contributed by atoms with Crippen LogP contribution in [0.2, 0.25) is 0 Å². The van der Waals surface area contributed by atoms with Crippen molar-refractivity contribution < 1.29 is 4.57 Å². The number of benzene rings is 1. The third kappa shape index (κ3) is 1.66. The van der Waals surface area contributed by atoms with Crippen LogP contribution >= 0.6 is 7.14 Å². The van der Waals surface area contributed by atoms with Gasteiger partial charge in [-0.25, -0.2) is 0 Å². The Morgan fingerprint density at radius 1 is 0.700 bits per heavy atom. The molecule has 104 valence electrons. The minimum atomic E-state index is -2.43. The lowest BCUT2D eigenvalue weighted by atomic mass is 9.87. The molecule has 0 N–H and O–H groups in total. The smallest absolute Gasteiger partial charge is 0.163 e. The van der Waals surface area contributed by atoms with Gasteiger partial charge in [0.15, 0.2) is 7.14 Å². The van der Waals surface area contributed by atoms with E-state index in [-0.39, 0.29) is 0 Å². The first-order chi connectivity index (χ1) is 9.82. The van der Waals surface area contributed by atoms with E-state index in [0.717, 1.165) is 18.1 Å². The summed E-state index contributed by atoms with van der Waals surface area (Å²) in [6, 6.07) is 10.3. The maximum absolute atomic E-state index is 14.0. The molecular formula is C18H21OP. The van der Waals surface area contributed by atoms with Gasteiger partial charge in [0.05, 0.1) is 0 Å². The van der Waals surface area contributed by atoms with Crippen LogP contribution in [0.25, 0.3) is 0 Å². The van der Waals surface area contributed by atoms with Crippen molar-refractivity contribution in [3.8, 4) is 0 Å². The van der Waals surface area contributed by atoms with E-state index in [4.69, 9.17) is 0 Å². The summed E-state index contributed by atoms with van der Waals surface area (Å²) in [5, 5.41) is 3.75. The fourth-order valence-electron chi connectivity index (χ4n) is 4.24. The second-order valence-corrected chi connectivity index (χ2v) is 9.02. The van der Waals surface area contributed by atoms with E-state index in [1.807, 2.05) is 18.2 Å². The number of hydrogen-bond acceptors (Lipinski definition) is 1. The van der Waals surface area contributed by atoms with Crippen LogP contribution in [-0.2, 0) is 4.57 Å². The number of fused-ring (bicyclic) bond motifs is 1. The van der Waals surface area contributed by atoms with E-state index in [1.165, 1.54) is 60.3 Å². The Morgan fingerprint density at radius 2 is 1.20 bits per heavy atom. The van der Waals surface area contributed by atoms with Gasteiger partial charge < -0.3 is 4.57 Å². The van der Waals surface area contributed by atoms with Gasteiger partial charge in [-0.1, -0.05) is 30.3 Å². The van der Waals surface area contributed by atoms with Crippen molar-refractivity contribution in [2.24, 2.45) is 0 Å². The molecule has 0 unspecified atom stereocenters. The molecule has 0 bridgehead atoms. The number of hydrogen-bond donors (Lipinski definition) is 0. The predicted molar refractivity (Wildman–Crippen MR) is 84.7 cm³/mol. The fourth-order valence-corrected chi connectivity index (χ4v) is 7.98. The summed E-state index contributed by atoms with van der Waals surface area (Å²) < 4.78 is 14.0. The first-order valence-corrected chi connectivity index (χ1v) is 9.64. The SMILES string of the molecule is O=P1(c2ccccc2)C2=C(CCCC2)C2=C1CCCC2. The van der Waals surface area contributed by atoms with Crippen LogP contribution in [0.3, 0.4) is 0 Å². The predicted octanol–water partition coefficient (Wildman–Crippen LogP) is 5.34. The molecule has 1 aromatic carbocycles. The van der Waals surface area contributed by atoms with Crippen LogP contribution in [-0.4, -0.2) is 0 Å². The van der Waals surface area contributed by atoms with Gasteiger partial charge in [-0.3, -0.25) is 0 Å². The van der Waals surface area contributed by atoms with E-state index in [1.54, 1.807) is 0 Å². The van der Waals surface area contributed by atoms with E-state index < -0.39 is 7.14 Å². The zero-order chi connectivity index (χ0) is 13.6. The highest BCUT2D eigenvalue weighted by Crippen LogP contribution is 2.72. The summed E-state index contributed by atoms with van der Waals surface area (Å²) in [6.45, 7) is 0. The van der Waals surface area contributed by atoms with Crippen molar-refractivity contribution >= 4 is 12.4 Å². The molecule has 1 heterocycles. The van der Waals surface area contributed by atoms with Gasteiger partial charge in [-0.2, -0.15) is 0 Å². The molecule has 0 spiro atoms. The second kappa shape index (κ2) is 4.74. The van der Waals surface area contributed by atoms with Crippen molar-refractivity contribution in [2.45, 2.75) is 51.4 Å². The summed E-state index contributed by atoms with van der Waals surface area (Å²) in [5.41, 5.74) is 3.02. The van der Waals surface area contributed by atoms with Crippen molar-refractivity contribution in [2.75, 3.05) is 0 Å². The summed E-state index contributed by atoms with van der Waals surface area (Å²) in [6.07, 6.45) is 9.47. The van der Waals surface area contributed by atoms with Crippen molar-refractivity contribution in [3.05, 3.63) is 52.1 Å². The summed E-state index contributed by atoms with van der Waals surface area (Å²) in [5.74, 6) is 0. The Morgan fingerprint density at radius 3 is 1.75 bits per heavy atom. The first kappa shape index (κ1) is 12.7. The quantitative estimate of drug-likeness (QED) is 0.636. The maximum Gasteiger partial charge on any atom is 0.163 e. The molecule has 3 aliphatic rings. The molecule has 1 aromatic rings. The lowest BCUT2D eigenvalue weighted by molar-refractivity contribution is 0.583. The van der Waals surface area contributed by atoms with Crippen molar-refractivity contribution in [1.29, 1.82) is 0 Å². The van der Waals surface area contributed by atoms with Gasteiger partial charge in [0.2, 0.25) is 0 Å². The minimum Gasteiger partial charge on any atom is -0.309 e. The Kier molecular flexibility index (Phi) is 3.00. The monoisotopic (exact) mass is 284 g/mol. The molecule has 1 aliphatic heterocycles. The molecule has 0 saturated carbocycles. The average molecular weight is 284 g/mol. The van der Waals surface area contributed by atoms with Gasteiger partial charge in [-0.05, 0) is 62.5 Å². The van der Waals surface area contributed by atoms with Gasteiger partial charge in [-0.15, -0.1) is 0 Å². The molecule has 20 heavy (non-hydrogen) atoms. The third-order valence-corrected chi connectivity index (χ3v) is 8.65. The molecule has 0 aromatic heterocycles. The van der Waals surface area contributed by atoms with Crippen molar-refractivity contribution in [1.82, 2.24) is 0 Å². The maximum atomic E-state index is 14.0. The van der Waals surface area contributed by atoms with Crippen LogP contribution in [0.5, 0.6) is 0 Å². The highest BCUT2D eigenvalue weighted by molar-refractivity contribution is 7.79. The van der Waals surface area contributed by atoms with E-state index >= 15 is 0 Å². The number of rotatable bonds is 1. The van der Waals surface area contributed by atoms with E-state index in [2.05, 4.69) is 12.1 Å². The zero-order valence-electron chi connectivity index (χ0n) is 11.9. The van der Waals surface area contributed by atoms with Gasteiger partial charge in [0.25, 0.3) is 0 Å². The largest absolute Gasteiger partial charge is 0.309 e. The molecule has 0 radical (unpaired) electrons. The molecule has 0 atom stereocenters. The highest BCUT2D eigenvalue weighted by Gasteiger charge is 2.44. The molecule has 0 amide bonds. The van der Waals surface area contributed by atoms with E-state index in [0.29, 0.717) is 0 Å². The second-order valence-electron chi connectivity index (χ2n) is 6.21. The Bertz CT molecular complexity index is 615. The standard InChI is InChI=1S/C18H21OP/c19-20(14-8-2-1-3-9-14)17-12-6-4-10-15(17)16-11-5-7-13-18(16)20/h1-3,8-9H,4-7,10-13H2. The van der Waals surface area contributed by atoms with Crippen LogP contribution < -0.4 is 5.30 Å². The lowest BCUT2D eigenvalue weighted by Gasteiger charge is -2.24. The fraction of sp³-hybridized carbons (Fsp3) is 0.444. The van der Waals surface area contributed by atoms with Gasteiger partial charge in [0, 0.05) is 15.9 Å². The van der Waals surface area contributed by atoms with Gasteiger partial charge >= 0.3 is 0 Å². The Balaban J connectivity index is 1.95. The first-order valence-electron chi connectivity index (χ1n) is 7.93. The zero-order valence-corrected chi connectivity index (χ0v) is 12.8. The highest BCUT2D eigenvalue weighted by atomic mass is 31.2. The molecule has 1 nitrogen and oxygen atoms in total. The lowest BCUT2D eigenvalue weighted by Crippen LogP contribution is -2.08. The van der Waals surface area contributed by atoms with Gasteiger partial charge in [0.1, 0.15) is 0 Å². The van der Waals surface area contributed by atoms with Crippen LogP contribution in [0.1, 0.15) is 51.4 Å². The molecular weight excluding hydrogens is 263 g/mol. The molecule has 0 saturated heterocycles. The summed E-state index contributed by atoms with van der Waals surface area (Å²) in [7, 11) is -2.43. The number of allylic oxidation sites excluding steroid dienone is 4. The topological polar surface area (TPSA) is 17.1 Å². The van der Waals surface area contributed by atoms with Crippen molar-refractivity contribution in [3.63, 3.8) is 0 Å². The van der Waals surface area contributed by atoms with Crippen LogP contribution in [0.4, 0.5) is 0 Å². The Labute approximate surface area is 121 Å². The average Bonchev–Trinajstić information content (AvgIpc) is 2.80. The molecule has 4 rings (SSSR count). The molecule has 0 fully saturated rings. The third-order valence-electron chi connectivity index (χ3n) is 5.12. The Hall–Kier alpha value is -1.07. The van der Waals surface area contributed by atoms with E-state index in [9.17, 15) is 4.57 Å². The normalized spacial score (nSPS) is 24.6. The summed E-state index contributed by atoms with van der Waals surface area (Å²) in [4.78, 5) is 0. The molecule has 2 aliphatic carbocycles.